The number of ether oxygens (including phenoxy) is 1. The molecule has 1 aromatic carbocycles. The maximum absolute atomic E-state index is 10.6. The van der Waals surface area contributed by atoms with Crippen LogP contribution in [0.15, 0.2) is 18.2 Å². The molecule has 1 atom stereocenters. The van der Waals surface area contributed by atoms with E-state index in [1.807, 2.05) is 32.0 Å². The fourth-order valence-corrected chi connectivity index (χ4v) is 1.62. The summed E-state index contributed by atoms with van der Waals surface area (Å²) >= 11 is 0. The van der Waals surface area contributed by atoms with Crippen LogP contribution >= 0.6 is 0 Å². The normalized spacial score (nSPS) is 12.2. The zero-order valence-electron chi connectivity index (χ0n) is 9.56. The standard InChI is InChI=1S/C12H17NO3/c1-3-16-9-4-5-10(8(2)6-9)11(13)7-12(14)15/h4-6,11H,3,7,13H2,1-2H3,(H,14,15). The summed E-state index contributed by atoms with van der Waals surface area (Å²) in [6.07, 6.45) is -0.0607. The Morgan fingerprint density at radius 1 is 1.56 bits per heavy atom. The molecule has 88 valence electrons. The Bertz CT molecular complexity index is 377. The average Bonchev–Trinajstić information content (AvgIpc) is 2.16. The highest BCUT2D eigenvalue weighted by atomic mass is 16.5. The number of aryl methyl sites for hydroxylation is 1. The Morgan fingerprint density at radius 3 is 2.75 bits per heavy atom. The highest BCUT2D eigenvalue weighted by Gasteiger charge is 2.13. The molecule has 0 aromatic heterocycles. The van der Waals surface area contributed by atoms with Crippen molar-refractivity contribution in [1.29, 1.82) is 0 Å². The summed E-state index contributed by atoms with van der Waals surface area (Å²) in [6.45, 7) is 4.43. The Hall–Kier alpha value is -1.55. The lowest BCUT2D eigenvalue weighted by Crippen LogP contribution is -2.16. The van der Waals surface area contributed by atoms with E-state index < -0.39 is 12.0 Å². The van der Waals surface area contributed by atoms with E-state index in [4.69, 9.17) is 15.6 Å². The fourth-order valence-electron chi connectivity index (χ4n) is 1.62. The van der Waals surface area contributed by atoms with Gasteiger partial charge in [-0.2, -0.15) is 0 Å². The lowest BCUT2D eigenvalue weighted by molar-refractivity contribution is -0.137. The second-order valence-corrected chi connectivity index (χ2v) is 3.66. The van der Waals surface area contributed by atoms with Crippen LogP contribution in [0.25, 0.3) is 0 Å². The first kappa shape index (κ1) is 12.5. The molecule has 4 heteroatoms. The number of hydrogen-bond acceptors (Lipinski definition) is 3. The minimum atomic E-state index is -0.888. The Labute approximate surface area is 95.0 Å². The summed E-state index contributed by atoms with van der Waals surface area (Å²) in [5.41, 5.74) is 7.61. The second-order valence-electron chi connectivity index (χ2n) is 3.66. The molecular weight excluding hydrogens is 206 g/mol. The first-order valence-corrected chi connectivity index (χ1v) is 5.25. The van der Waals surface area contributed by atoms with Gasteiger partial charge < -0.3 is 15.6 Å². The van der Waals surface area contributed by atoms with Gasteiger partial charge in [-0.15, -0.1) is 0 Å². The molecule has 0 saturated carbocycles. The predicted octanol–water partition coefficient (Wildman–Crippen LogP) is 1.87. The van der Waals surface area contributed by atoms with Crippen molar-refractivity contribution in [2.75, 3.05) is 6.61 Å². The van der Waals surface area contributed by atoms with E-state index in [1.54, 1.807) is 0 Å². The first-order valence-electron chi connectivity index (χ1n) is 5.25. The monoisotopic (exact) mass is 223 g/mol. The van der Waals surface area contributed by atoms with E-state index in [-0.39, 0.29) is 6.42 Å². The molecule has 1 aromatic rings. The molecule has 0 aliphatic carbocycles. The number of carboxylic acid groups (broad SMARTS) is 1. The topological polar surface area (TPSA) is 72.5 Å². The van der Waals surface area contributed by atoms with Crippen molar-refractivity contribution in [3.63, 3.8) is 0 Å². The van der Waals surface area contributed by atoms with E-state index in [2.05, 4.69) is 0 Å². The van der Waals surface area contributed by atoms with Gasteiger partial charge in [-0.05, 0) is 37.1 Å². The molecule has 0 amide bonds. The number of carbonyl (C=O) groups is 1. The number of carboxylic acids is 1. The van der Waals surface area contributed by atoms with Crippen LogP contribution < -0.4 is 10.5 Å². The van der Waals surface area contributed by atoms with Gasteiger partial charge in [-0.3, -0.25) is 4.79 Å². The largest absolute Gasteiger partial charge is 0.494 e. The van der Waals surface area contributed by atoms with Crippen molar-refractivity contribution in [3.8, 4) is 5.75 Å². The molecule has 3 N–H and O–H groups in total. The maximum Gasteiger partial charge on any atom is 0.305 e. The Kier molecular flexibility index (Phi) is 4.31. The maximum atomic E-state index is 10.6. The van der Waals surface area contributed by atoms with Gasteiger partial charge in [0, 0.05) is 6.04 Å². The Morgan fingerprint density at radius 2 is 2.25 bits per heavy atom. The zero-order chi connectivity index (χ0) is 12.1. The predicted molar refractivity (Wildman–Crippen MR) is 61.5 cm³/mol. The molecule has 1 rings (SSSR count). The van der Waals surface area contributed by atoms with Crippen LogP contribution in [0.4, 0.5) is 0 Å². The summed E-state index contributed by atoms with van der Waals surface area (Å²) in [5.74, 6) is -0.105. The molecule has 4 nitrogen and oxygen atoms in total. The summed E-state index contributed by atoms with van der Waals surface area (Å²) in [4.78, 5) is 10.6. The van der Waals surface area contributed by atoms with E-state index in [1.165, 1.54) is 0 Å². The number of hydrogen-bond donors (Lipinski definition) is 2. The Balaban J connectivity index is 2.85. The molecule has 0 heterocycles. The fraction of sp³-hybridized carbons (Fsp3) is 0.417. The van der Waals surface area contributed by atoms with Crippen LogP contribution in [-0.4, -0.2) is 17.7 Å². The van der Waals surface area contributed by atoms with E-state index in [0.29, 0.717) is 6.61 Å². The van der Waals surface area contributed by atoms with E-state index in [0.717, 1.165) is 16.9 Å². The highest BCUT2D eigenvalue weighted by molar-refractivity contribution is 5.68. The van der Waals surface area contributed by atoms with Gasteiger partial charge in [0.1, 0.15) is 5.75 Å². The van der Waals surface area contributed by atoms with Crippen molar-refractivity contribution in [2.24, 2.45) is 5.73 Å². The third kappa shape index (κ3) is 3.24. The van der Waals surface area contributed by atoms with Crippen molar-refractivity contribution >= 4 is 5.97 Å². The lowest BCUT2D eigenvalue weighted by Gasteiger charge is -2.14. The highest BCUT2D eigenvalue weighted by Crippen LogP contribution is 2.23. The van der Waals surface area contributed by atoms with Crippen molar-refractivity contribution in [2.45, 2.75) is 26.3 Å². The smallest absolute Gasteiger partial charge is 0.305 e. The molecule has 0 bridgehead atoms. The molecule has 0 radical (unpaired) electrons. The number of nitrogens with two attached hydrogens (primary N) is 1. The third-order valence-corrected chi connectivity index (χ3v) is 2.35. The molecule has 0 aliphatic heterocycles. The van der Waals surface area contributed by atoms with Gasteiger partial charge in [-0.25, -0.2) is 0 Å². The molecular formula is C12H17NO3. The summed E-state index contributed by atoms with van der Waals surface area (Å²) in [5, 5.41) is 8.67. The van der Waals surface area contributed by atoms with Gasteiger partial charge in [0.05, 0.1) is 13.0 Å². The van der Waals surface area contributed by atoms with Gasteiger partial charge >= 0.3 is 5.97 Å². The lowest BCUT2D eigenvalue weighted by atomic mass is 9.99. The summed E-state index contributed by atoms with van der Waals surface area (Å²) in [7, 11) is 0. The van der Waals surface area contributed by atoms with Gasteiger partial charge in [0.2, 0.25) is 0 Å². The number of rotatable bonds is 5. The van der Waals surface area contributed by atoms with Crippen LogP contribution in [-0.2, 0) is 4.79 Å². The minimum absolute atomic E-state index is 0.0607. The second kappa shape index (κ2) is 5.51. The molecule has 16 heavy (non-hydrogen) atoms. The average molecular weight is 223 g/mol. The molecule has 0 saturated heterocycles. The van der Waals surface area contributed by atoms with Gasteiger partial charge in [-0.1, -0.05) is 6.07 Å². The number of aliphatic carboxylic acids is 1. The van der Waals surface area contributed by atoms with Crippen LogP contribution in [0.1, 0.15) is 30.5 Å². The van der Waals surface area contributed by atoms with Crippen molar-refractivity contribution in [1.82, 2.24) is 0 Å². The van der Waals surface area contributed by atoms with E-state index in [9.17, 15) is 4.79 Å². The van der Waals surface area contributed by atoms with Crippen LogP contribution in [0.3, 0.4) is 0 Å². The van der Waals surface area contributed by atoms with Gasteiger partial charge in [0.15, 0.2) is 0 Å². The van der Waals surface area contributed by atoms with Gasteiger partial charge in [0.25, 0.3) is 0 Å². The van der Waals surface area contributed by atoms with Crippen LogP contribution in [0.2, 0.25) is 0 Å². The zero-order valence-corrected chi connectivity index (χ0v) is 9.56. The van der Waals surface area contributed by atoms with E-state index >= 15 is 0 Å². The van der Waals surface area contributed by atoms with Crippen LogP contribution in [0.5, 0.6) is 5.75 Å². The van der Waals surface area contributed by atoms with Crippen LogP contribution in [0, 0.1) is 6.92 Å². The quantitative estimate of drug-likeness (QED) is 0.799. The van der Waals surface area contributed by atoms with Crippen molar-refractivity contribution in [3.05, 3.63) is 29.3 Å². The summed E-state index contributed by atoms with van der Waals surface area (Å²) in [6, 6.07) is 5.05. The molecule has 1 unspecified atom stereocenters. The SMILES string of the molecule is CCOc1ccc(C(N)CC(=O)O)c(C)c1. The number of benzene rings is 1. The minimum Gasteiger partial charge on any atom is -0.494 e. The summed E-state index contributed by atoms with van der Waals surface area (Å²) < 4.78 is 5.35. The third-order valence-electron chi connectivity index (χ3n) is 2.35. The molecule has 0 aliphatic rings. The van der Waals surface area contributed by atoms with Crippen molar-refractivity contribution < 1.29 is 14.6 Å². The first-order chi connectivity index (χ1) is 7.54. The molecule has 0 fully saturated rings. The molecule has 0 spiro atoms.